The Bertz CT molecular complexity index is 1140. The van der Waals surface area contributed by atoms with E-state index in [0.717, 1.165) is 9.79 Å². The lowest BCUT2D eigenvalue weighted by molar-refractivity contribution is -0.292. The summed E-state index contributed by atoms with van der Waals surface area (Å²) in [6.07, 6.45) is -5.84. The van der Waals surface area contributed by atoms with Gasteiger partial charge in [-0.2, -0.15) is 22.0 Å². The molecular weight excluding hydrogens is 479 g/mol. The monoisotopic (exact) mass is 499 g/mol. The standard InChI is InChI=1S/C24H20F5O4S/c1-31-18-12-6-7-13-19(18)34(16-9-4-3-5-10-16)20-14-8-11-17(21(20)32-2)22(30)33-15-23(25,26)24(27,28)29/h3-14H,15H2,1-2H3/q+1. The van der Waals surface area contributed by atoms with Crippen LogP contribution in [-0.2, 0) is 15.6 Å². The maximum atomic E-state index is 13.3. The van der Waals surface area contributed by atoms with E-state index >= 15 is 0 Å². The van der Waals surface area contributed by atoms with E-state index in [1.807, 2.05) is 42.5 Å². The summed E-state index contributed by atoms with van der Waals surface area (Å²) in [5.41, 5.74) is -0.277. The molecule has 180 valence electrons. The van der Waals surface area contributed by atoms with Crippen molar-refractivity contribution in [1.29, 1.82) is 0 Å². The van der Waals surface area contributed by atoms with Crippen LogP contribution < -0.4 is 9.47 Å². The van der Waals surface area contributed by atoms with E-state index in [4.69, 9.17) is 9.47 Å². The van der Waals surface area contributed by atoms with Crippen molar-refractivity contribution in [3.63, 3.8) is 0 Å². The van der Waals surface area contributed by atoms with E-state index in [2.05, 4.69) is 4.74 Å². The van der Waals surface area contributed by atoms with Gasteiger partial charge in [-0.25, -0.2) is 4.79 Å². The van der Waals surface area contributed by atoms with E-state index in [-0.39, 0.29) is 11.3 Å². The fourth-order valence-corrected chi connectivity index (χ4v) is 5.41. The van der Waals surface area contributed by atoms with Crippen LogP contribution in [-0.4, -0.2) is 38.9 Å². The second-order valence-corrected chi connectivity index (χ2v) is 8.85. The van der Waals surface area contributed by atoms with Crippen molar-refractivity contribution in [3.05, 3.63) is 78.4 Å². The number of carbonyl (C=O) groups is 1. The van der Waals surface area contributed by atoms with Crippen molar-refractivity contribution >= 4 is 16.9 Å². The van der Waals surface area contributed by atoms with E-state index in [0.29, 0.717) is 10.6 Å². The van der Waals surface area contributed by atoms with Crippen molar-refractivity contribution in [3.8, 4) is 11.5 Å². The van der Waals surface area contributed by atoms with Gasteiger partial charge in [-0.05, 0) is 36.4 Å². The van der Waals surface area contributed by atoms with Crippen LogP contribution >= 0.6 is 0 Å². The summed E-state index contributed by atoms with van der Waals surface area (Å²) in [6, 6.07) is 20.8. The molecule has 1 unspecified atom stereocenters. The molecule has 0 N–H and O–H groups in total. The van der Waals surface area contributed by atoms with Crippen molar-refractivity contribution in [1.82, 2.24) is 0 Å². The lowest BCUT2D eigenvalue weighted by atomic mass is 10.2. The van der Waals surface area contributed by atoms with Gasteiger partial charge in [-0.3, -0.25) is 0 Å². The normalized spacial score (nSPS) is 12.7. The molecule has 3 rings (SSSR count). The number of rotatable bonds is 8. The quantitative estimate of drug-likeness (QED) is 0.212. The summed E-state index contributed by atoms with van der Waals surface area (Å²) < 4.78 is 79.3. The number of para-hydroxylation sites is 2. The summed E-state index contributed by atoms with van der Waals surface area (Å²) in [7, 11) is 1.90. The molecule has 0 spiro atoms. The van der Waals surface area contributed by atoms with Crippen LogP contribution in [0.15, 0.2) is 87.5 Å². The Balaban J connectivity index is 2.09. The van der Waals surface area contributed by atoms with Crippen LogP contribution in [0.1, 0.15) is 10.4 Å². The first kappa shape index (κ1) is 25.4. The third kappa shape index (κ3) is 5.27. The number of esters is 1. The SMILES string of the molecule is COc1ccccc1[S+](c1ccccc1)c1cccc(C(=O)OCC(F)(F)C(F)(F)F)c1OC. The van der Waals surface area contributed by atoms with Crippen LogP contribution in [0.25, 0.3) is 0 Å². The molecule has 0 saturated carbocycles. The average Bonchev–Trinajstić information content (AvgIpc) is 2.83. The Kier molecular flexibility index (Phi) is 7.71. The molecule has 0 radical (unpaired) electrons. The summed E-state index contributed by atoms with van der Waals surface area (Å²) in [5.74, 6) is -5.98. The van der Waals surface area contributed by atoms with Crippen molar-refractivity contribution in [2.45, 2.75) is 26.8 Å². The molecule has 0 aliphatic rings. The molecule has 4 nitrogen and oxygen atoms in total. The third-order valence-electron chi connectivity index (χ3n) is 4.69. The number of hydrogen-bond acceptors (Lipinski definition) is 4. The Labute approximate surface area is 195 Å². The number of alkyl halides is 5. The van der Waals surface area contributed by atoms with E-state index in [1.165, 1.54) is 26.4 Å². The van der Waals surface area contributed by atoms with Crippen molar-refractivity contribution in [2.24, 2.45) is 0 Å². The van der Waals surface area contributed by atoms with Gasteiger partial charge >= 0.3 is 18.1 Å². The number of methoxy groups -OCH3 is 2. The second kappa shape index (κ2) is 10.3. The minimum atomic E-state index is -5.84. The van der Waals surface area contributed by atoms with Crippen LogP contribution in [0.3, 0.4) is 0 Å². The van der Waals surface area contributed by atoms with Gasteiger partial charge in [0.05, 0.1) is 14.2 Å². The maximum absolute atomic E-state index is 13.3. The Morgan fingerprint density at radius 3 is 2.03 bits per heavy atom. The smallest absolute Gasteiger partial charge is 0.456 e. The van der Waals surface area contributed by atoms with Crippen LogP contribution in [0.5, 0.6) is 11.5 Å². The predicted molar refractivity (Wildman–Crippen MR) is 116 cm³/mol. The predicted octanol–water partition coefficient (Wildman–Crippen LogP) is 6.15. The molecule has 0 amide bonds. The Morgan fingerprint density at radius 1 is 0.794 bits per heavy atom. The fourth-order valence-electron chi connectivity index (χ4n) is 3.08. The molecule has 3 aromatic carbocycles. The molecule has 0 aliphatic heterocycles. The van der Waals surface area contributed by atoms with Gasteiger partial charge in [0.15, 0.2) is 23.0 Å². The molecule has 0 aromatic heterocycles. The van der Waals surface area contributed by atoms with E-state index in [1.54, 1.807) is 18.2 Å². The Morgan fingerprint density at radius 2 is 1.41 bits per heavy atom. The van der Waals surface area contributed by atoms with Gasteiger partial charge in [-0.1, -0.05) is 36.4 Å². The highest BCUT2D eigenvalue weighted by atomic mass is 32.2. The number of hydrogen-bond donors (Lipinski definition) is 0. The minimum absolute atomic E-state index is 0.000850. The van der Waals surface area contributed by atoms with Gasteiger partial charge in [0.25, 0.3) is 0 Å². The lowest BCUT2D eigenvalue weighted by Gasteiger charge is -2.19. The summed E-state index contributed by atoms with van der Waals surface area (Å²) in [4.78, 5) is 14.6. The number of benzene rings is 3. The van der Waals surface area contributed by atoms with Crippen molar-refractivity contribution in [2.75, 3.05) is 20.8 Å². The summed E-state index contributed by atoms with van der Waals surface area (Å²) in [6.45, 7) is -2.14. The van der Waals surface area contributed by atoms with Crippen LogP contribution in [0.2, 0.25) is 0 Å². The first-order valence-corrected chi connectivity index (χ1v) is 11.0. The molecule has 3 aromatic rings. The molecule has 0 bridgehead atoms. The first-order chi connectivity index (χ1) is 16.1. The molecule has 0 saturated heterocycles. The number of halogens is 5. The maximum Gasteiger partial charge on any atom is 0.456 e. The van der Waals surface area contributed by atoms with Crippen LogP contribution in [0.4, 0.5) is 22.0 Å². The highest BCUT2D eigenvalue weighted by Gasteiger charge is 2.58. The van der Waals surface area contributed by atoms with Gasteiger partial charge in [0.2, 0.25) is 9.79 Å². The first-order valence-electron chi connectivity index (χ1n) is 9.81. The molecule has 0 fully saturated rings. The summed E-state index contributed by atoms with van der Waals surface area (Å²) >= 11 is 0. The van der Waals surface area contributed by atoms with Crippen LogP contribution in [0, 0.1) is 0 Å². The molecule has 1 atom stereocenters. The average molecular weight is 499 g/mol. The topological polar surface area (TPSA) is 44.8 Å². The number of carbonyl (C=O) groups excluding carboxylic acids is 1. The van der Waals surface area contributed by atoms with Gasteiger partial charge < -0.3 is 14.2 Å². The summed E-state index contributed by atoms with van der Waals surface area (Å²) in [5, 5.41) is 0. The number of ether oxygens (including phenoxy) is 3. The highest BCUT2D eigenvalue weighted by Crippen LogP contribution is 2.42. The van der Waals surface area contributed by atoms with E-state index in [9.17, 15) is 26.7 Å². The fraction of sp³-hybridized carbons (Fsp3) is 0.208. The van der Waals surface area contributed by atoms with Gasteiger partial charge in [0.1, 0.15) is 16.5 Å². The minimum Gasteiger partial charge on any atom is -0.491 e. The largest absolute Gasteiger partial charge is 0.491 e. The molecule has 10 heteroatoms. The molecule has 34 heavy (non-hydrogen) atoms. The molecule has 0 aliphatic carbocycles. The van der Waals surface area contributed by atoms with Gasteiger partial charge in [0, 0.05) is 0 Å². The third-order valence-corrected chi connectivity index (χ3v) is 6.97. The zero-order chi connectivity index (χ0) is 24.9. The highest BCUT2D eigenvalue weighted by molar-refractivity contribution is 7.97. The van der Waals surface area contributed by atoms with E-state index < -0.39 is 35.6 Å². The lowest BCUT2D eigenvalue weighted by Crippen LogP contribution is -2.41. The second-order valence-electron chi connectivity index (χ2n) is 6.89. The van der Waals surface area contributed by atoms with Crippen molar-refractivity contribution < 1.29 is 41.0 Å². The zero-order valence-electron chi connectivity index (χ0n) is 18.1. The molecule has 0 heterocycles. The Hall–Kier alpha value is -3.27. The molecular formula is C24H20F5O4S+. The van der Waals surface area contributed by atoms with Gasteiger partial charge in [-0.15, -0.1) is 0 Å². The zero-order valence-corrected chi connectivity index (χ0v) is 18.9.